The van der Waals surface area contributed by atoms with Gasteiger partial charge in [-0.15, -0.1) is 0 Å². The molecule has 0 aliphatic carbocycles. The van der Waals surface area contributed by atoms with Gasteiger partial charge < -0.3 is 20.5 Å². The fourth-order valence-electron chi connectivity index (χ4n) is 1.72. The van der Waals surface area contributed by atoms with Crippen LogP contribution in [0.5, 0.6) is 5.75 Å². The molecule has 3 N–H and O–H groups in total. The normalized spacial score (nSPS) is 10.2. The van der Waals surface area contributed by atoms with E-state index in [1.807, 2.05) is 0 Å². The van der Waals surface area contributed by atoms with Crippen LogP contribution >= 0.6 is 0 Å². The van der Waals surface area contributed by atoms with E-state index in [-0.39, 0.29) is 24.0 Å². The summed E-state index contributed by atoms with van der Waals surface area (Å²) in [7, 11) is 0. The number of carboxylic acids is 1. The highest BCUT2D eigenvalue weighted by Gasteiger charge is 2.20. The Labute approximate surface area is 122 Å². The maximum atomic E-state index is 12.0. The third-order valence-electron chi connectivity index (χ3n) is 2.75. The zero-order valence-electron chi connectivity index (χ0n) is 11.9. The van der Waals surface area contributed by atoms with Crippen LogP contribution in [0.25, 0.3) is 0 Å². The molecular weight excluding hydrogens is 276 g/mol. The Morgan fingerprint density at radius 2 is 1.90 bits per heavy atom. The lowest BCUT2D eigenvalue weighted by Crippen LogP contribution is -2.43. The topological polar surface area (TPSA) is 110 Å². The van der Waals surface area contributed by atoms with Crippen molar-refractivity contribution in [3.8, 4) is 5.75 Å². The predicted molar refractivity (Wildman–Crippen MR) is 74.9 cm³/mol. The van der Waals surface area contributed by atoms with Crippen molar-refractivity contribution in [3.05, 3.63) is 29.8 Å². The van der Waals surface area contributed by atoms with Crippen LogP contribution in [0.15, 0.2) is 24.3 Å². The number of ether oxygens (including phenoxy) is 1. The van der Waals surface area contributed by atoms with E-state index in [9.17, 15) is 14.4 Å². The molecule has 0 aliphatic heterocycles. The number of hydrogen-bond donors (Lipinski definition) is 2. The summed E-state index contributed by atoms with van der Waals surface area (Å²) in [5.74, 6) is -2.05. The monoisotopic (exact) mass is 294 g/mol. The molecule has 0 unspecified atom stereocenters. The SMILES string of the molecule is CC(C)N(CC(=O)O)C(=O)COc1ccccc1C(N)=O. The molecule has 2 amide bonds. The second kappa shape index (κ2) is 7.28. The predicted octanol–water partition coefficient (Wildman–Crippen LogP) is 0.486. The molecule has 0 saturated heterocycles. The number of aliphatic carboxylic acids is 1. The molecule has 7 heteroatoms. The number of carbonyl (C=O) groups is 3. The van der Waals surface area contributed by atoms with Crippen LogP contribution < -0.4 is 10.5 Å². The average Bonchev–Trinajstić information content (AvgIpc) is 2.41. The lowest BCUT2D eigenvalue weighted by atomic mass is 10.2. The van der Waals surface area contributed by atoms with Gasteiger partial charge in [0.1, 0.15) is 12.3 Å². The summed E-state index contributed by atoms with van der Waals surface area (Å²) in [5, 5.41) is 8.79. The third-order valence-corrected chi connectivity index (χ3v) is 2.75. The van der Waals surface area contributed by atoms with Crippen molar-refractivity contribution in [1.29, 1.82) is 0 Å². The minimum atomic E-state index is -1.10. The number of primary amides is 1. The van der Waals surface area contributed by atoms with E-state index in [1.54, 1.807) is 26.0 Å². The summed E-state index contributed by atoms with van der Waals surface area (Å²) in [4.78, 5) is 35.1. The Kier molecular flexibility index (Phi) is 5.71. The maximum absolute atomic E-state index is 12.0. The quantitative estimate of drug-likeness (QED) is 0.760. The Balaban J connectivity index is 2.76. The number of nitrogens with two attached hydrogens (primary N) is 1. The molecule has 0 saturated carbocycles. The van der Waals surface area contributed by atoms with E-state index < -0.39 is 24.3 Å². The number of amides is 2. The zero-order chi connectivity index (χ0) is 16.0. The molecule has 21 heavy (non-hydrogen) atoms. The van der Waals surface area contributed by atoms with Gasteiger partial charge >= 0.3 is 5.97 Å². The van der Waals surface area contributed by atoms with Gasteiger partial charge in [0, 0.05) is 6.04 Å². The smallest absolute Gasteiger partial charge is 0.323 e. The van der Waals surface area contributed by atoms with Crippen molar-refractivity contribution in [2.24, 2.45) is 5.73 Å². The van der Waals surface area contributed by atoms with E-state index in [4.69, 9.17) is 15.6 Å². The first-order valence-corrected chi connectivity index (χ1v) is 6.35. The Hall–Kier alpha value is -2.57. The first-order chi connectivity index (χ1) is 9.82. The Bertz CT molecular complexity index is 542. The van der Waals surface area contributed by atoms with Crippen molar-refractivity contribution in [2.75, 3.05) is 13.2 Å². The molecule has 7 nitrogen and oxygen atoms in total. The molecular formula is C14H18N2O5. The second-order valence-corrected chi connectivity index (χ2v) is 4.66. The molecule has 0 atom stereocenters. The number of nitrogens with zero attached hydrogens (tertiary/aromatic N) is 1. The number of para-hydroxylation sites is 1. The van der Waals surface area contributed by atoms with Crippen LogP contribution in [-0.2, 0) is 9.59 Å². The summed E-state index contributed by atoms with van der Waals surface area (Å²) >= 11 is 0. The van der Waals surface area contributed by atoms with Gasteiger partial charge in [-0.05, 0) is 26.0 Å². The summed E-state index contributed by atoms with van der Waals surface area (Å²) in [5.41, 5.74) is 5.37. The van der Waals surface area contributed by atoms with Crippen molar-refractivity contribution >= 4 is 17.8 Å². The fourth-order valence-corrected chi connectivity index (χ4v) is 1.72. The van der Waals surface area contributed by atoms with E-state index >= 15 is 0 Å². The van der Waals surface area contributed by atoms with E-state index in [0.29, 0.717) is 0 Å². The molecule has 0 heterocycles. The molecule has 0 fully saturated rings. The van der Waals surface area contributed by atoms with Gasteiger partial charge in [0.05, 0.1) is 5.56 Å². The van der Waals surface area contributed by atoms with Gasteiger partial charge in [-0.25, -0.2) is 0 Å². The standard InChI is InChI=1S/C14H18N2O5/c1-9(2)16(7-13(18)19)12(17)8-21-11-6-4-3-5-10(11)14(15)20/h3-6,9H,7-8H2,1-2H3,(H2,15,20)(H,18,19). The van der Waals surface area contributed by atoms with Crippen LogP contribution in [0.2, 0.25) is 0 Å². The fraction of sp³-hybridized carbons (Fsp3) is 0.357. The van der Waals surface area contributed by atoms with Crippen molar-refractivity contribution < 1.29 is 24.2 Å². The van der Waals surface area contributed by atoms with Crippen LogP contribution in [0.4, 0.5) is 0 Å². The highest BCUT2D eigenvalue weighted by atomic mass is 16.5. The van der Waals surface area contributed by atoms with Gasteiger partial charge in [-0.3, -0.25) is 14.4 Å². The molecule has 114 valence electrons. The van der Waals surface area contributed by atoms with Crippen molar-refractivity contribution in [2.45, 2.75) is 19.9 Å². The van der Waals surface area contributed by atoms with E-state index in [0.717, 1.165) is 0 Å². The van der Waals surface area contributed by atoms with Crippen LogP contribution in [-0.4, -0.2) is 47.0 Å². The summed E-state index contributed by atoms with van der Waals surface area (Å²) < 4.78 is 5.29. The van der Waals surface area contributed by atoms with Gasteiger partial charge in [0.25, 0.3) is 11.8 Å². The lowest BCUT2D eigenvalue weighted by Gasteiger charge is -2.24. The molecule has 0 bridgehead atoms. The number of benzene rings is 1. The second-order valence-electron chi connectivity index (χ2n) is 4.66. The van der Waals surface area contributed by atoms with Gasteiger partial charge in [-0.2, -0.15) is 0 Å². The van der Waals surface area contributed by atoms with Gasteiger partial charge in [0.2, 0.25) is 0 Å². The Morgan fingerprint density at radius 3 is 2.43 bits per heavy atom. The number of carbonyl (C=O) groups excluding carboxylic acids is 2. The van der Waals surface area contributed by atoms with Crippen LogP contribution in [0, 0.1) is 0 Å². The molecule has 0 aliphatic rings. The van der Waals surface area contributed by atoms with Gasteiger partial charge in [0.15, 0.2) is 6.61 Å². The van der Waals surface area contributed by atoms with E-state index in [1.165, 1.54) is 17.0 Å². The number of hydrogen-bond acceptors (Lipinski definition) is 4. The lowest BCUT2D eigenvalue weighted by molar-refractivity contribution is -0.146. The maximum Gasteiger partial charge on any atom is 0.323 e. The van der Waals surface area contributed by atoms with Gasteiger partial charge in [-0.1, -0.05) is 12.1 Å². The van der Waals surface area contributed by atoms with Crippen LogP contribution in [0.1, 0.15) is 24.2 Å². The summed E-state index contributed by atoms with van der Waals surface area (Å²) in [6.07, 6.45) is 0. The van der Waals surface area contributed by atoms with Crippen LogP contribution in [0.3, 0.4) is 0 Å². The summed E-state index contributed by atoms with van der Waals surface area (Å²) in [6.45, 7) is 2.64. The molecule has 1 aromatic carbocycles. The Morgan fingerprint density at radius 1 is 1.29 bits per heavy atom. The highest BCUT2D eigenvalue weighted by Crippen LogP contribution is 2.17. The number of carboxylic acid groups (broad SMARTS) is 1. The summed E-state index contributed by atoms with van der Waals surface area (Å²) in [6, 6.07) is 6.00. The highest BCUT2D eigenvalue weighted by molar-refractivity contribution is 5.95. The van der Waals surface area contributed by atoms with Crippen molar-refractivity contribution in [3.63, 3.8) is 0 Å². The molecule has 0 aromatic heterocycles. The molecule has 0 radical (unpaired) electrons. The van der Waals surface area contributed by atoms with E-state index in [2.05, 4.69) is 0 Å². The first-order valence-electron chi connectivity index (χ1n) is 6.35. The number of rotatable bonds is 7. The minimum absolute atomic E-state index is 0.166. The zero-order valence-corrected chi connectivity index (χ0v) is 11.9. The van der Waals surface area contributed by atoms with Crippen molar-refractivity contribution in [1.82, 2.24) is 4.90 Å². The minimum Gasteiger partial charge on any atom is -0.483 e. The molecule has 0 spiro atoms. The molecule has 1 rings (SSSR count). The first kappa shape index (κ1) is 16.5. The third kappa shape index (κ3) is 4.79. The molecule has 1 aromatic rings. The largest absolute Gasteiger partial charge is 0.483 e. The average molecular weight is 294 g/mol.